The maximum absolute atomic E-state index is 11.9. The van der Waals surface area contributed by atoms with Crippen molar-refractivity contribution in [2.45, 2.75) is 12.8 Å². The van der Waals surface area contributed by atoms with Crippen molar-refractivity contribution in [3.05, 3.63) is 53.7 Å². The first-order valence-corrected chi connectivity index (χ1v) is 5.70. The highest BCUT2D eigenvalue weighted by Crippen LogP contribution is 2.12. The number of carbonyl (C=O) groups is 1. The zero-order valence-electron chi connectivity index (χ0n) is 9.97. The third-order valence-electron chi connectivity index (χ3n) is 2.67. The summed E-state index contributed by atoms with van der Waals surface area (Å²) in [5.41, 5.74) is 13.7. The molecule has 4 N–H and O–H groups in total. The number of pyridine rings is 1. The number of nitrogen functional groups attached to an aromatic ring is 2. The summed E-state index contributed by atoms with van der Waals surface area (Å²) < 4.78 is 0. The van der Waals surface area contributed by atoms with Gasteiger partial charge in [0.15, 0.2) is 0 Å². The number of rotatable bonds is 4. The molecule has 0 fully saturated rings. The van der Waals surface area contributed by atoms with E-state index in [2.05, 4.69) is 4.98 Å². The van der Waals surface area contributed by atoms with E-state index in [1.165, 1.54) is 0 Å². The van der Waals surface area contributed by atoms with Crippen LogP contribution in [0.2, 0.25) is 0 Å². The van der Waals surface area contributed by atoms with Crippen LogP contribution in [0.25, 0.3) is 0 Å². The Morgan fingerprint density at radius 2 is 1.94 bits per heavy atom. The van der Waals surface area contributed by atoms with Gasteiger partial charge in [0, 0.05) is 30.3 Å². The van der Waals surface area contributed by atoms with Gasteiger partial charge in [0.1, 0.15) is 11.6 Å². The van der Waals surface area contributed by atoms with Crippen LogP contribution in [0.15, 0.2) is 42.6 Å². The Balaban J connectivity index is 2.03. The number of Topliss-reactive ketones (excluding diaryl/α,β-unsaturated/α-hetero) is 1. The lowest BCUT2D eigenvalue weighted by Gasteiger charge is -2.04. The summed E-state index contributed by atoms with van der Waals surface area (Å²) in [7, 11) is 0. The summed E-state index contributed by atoms with van der Waals surface area (Å²) in [6, 6.07) is 10.9. The van der Waals surface area contributed by atoms with Gasteiger partial charge in [0.25, 0.3) is 0 Å². The minimum Gasteiger partial charge on any atom is -0.399 e. The van der Waals surface area contributed by atoms with Gasteiger partial charge in [0.05, 0.1) is 0 Å². The van der Waals surface area contributed by atoms with Gasteiger partial charge in [0.2, 0.25) is 0 Å². The number of anilines is 2. The molecule has 2 rings (SSSR count). The largest absolute Gasteiger partial charge is 0.399 e. The molecule has 0 saturated carbocycles. The number of ketones is 1. The fraction of sp³-hybridized carbons (Fsp3) is 0.143. The number of carbonyl (C=O) groups excluding carboxylic acids is 1. The van der Waals surface area contributed by atoms with Crippen molar-refractivity contribution in [1.82, 2.24) is 4.98 Å². The van der Waals surface area contributed by atoms with Crippen molar-refractivity contribution in [2.24, 2.45) is 0 Å². The predicted octanol–water partition coefficient (Wildman–Crippen LogP) is 1.60. The highest BCUT2D eigenvalue weighted by atomic mass is 16.1. The van der Waals surface area contributed by atoms with Crippen molar-refractivity contribution < 1.29 is 4.79 Å². The van der Waals surface area contributed by atoms with Crippen LogP contribution in [0, 0.1) is 0 Å². The van der Waals surface area contributed by atoms with Crippen LogP contribution >= 0.6 is 0 Å². The van der Waals surface area contributed by atoms with E-state index >= 15 is 0 Å². The predicted molar refractivity (Wildman–Crippen MR) is 71.9 cm³/mol. The Hall–Kier alpha value is -2.36. The lowest BCUT2D eigenvalue weighted by molar-refractivity contribution is -0.117. The third-order valence-corrected chi connectivity index (χ3v) is 2.67. The van der Waals surface area contributed by atoms with Gasteiger partial charge in [-0.1, -0.05) is 18.2 Å². The number of nitrogens with two attached hydrogens (primary N) is 2. The molecule has 0 spiro atoms. The smallest absolute Gasteiger partial charge is 0.141 e. The molecule has 92 valence electrons. The van der Waals surface area contributed by atoms with Crippen molar-refractivity contribution >= 4 is 17.3 Å². The molecule has 0 aliphatic heterocycles. The van der Waals surface area contributed by atoms with E-state index < -0.39 is 0 Å². The SMILES string of the molecule is Nc1cccc(CC(=O)Cc2cccnc2N)c1. The first kappa shape index (κ1) is 12.1. The third kappa shape index (κ3) is 3.07. The van der Waals surface area contributed by atoms with Crippen LogP contribution in [-0.2, 0) is 17.6 Å². The van der Waals surface area contributed by atoms with E-state index in [1.807, 2.05) is 24.3 Å². The highest BCUT2D eigenvalue weighted by molar-refractivity contribution is 5.84. The second-order valence-electron chi connectivity index (χ2n) is 4.19. The quantitative estimate of drug-likeness (QED) is 0.796. The van der Waals surface area contributed by atoms with E-state index in [-0.39, 0.29) is 5.78 Å². The molecule has 0 bridgehead atoms. The average molecular weight is 241 g/mol. The van der Waals surface area contributed by atoms with Crippen molar-refractivity contribution in [3.8, 4) is 0 Å². The standard InChI is InChI=1S/C14H15N3O/c15-12-5-1-3-10(7-12)8-13(18)9-11-4-2-6-17-14(11)16/h1-7H,8-9,15H2,(H2,16,17). The minimum absolute atomic E-state index is 0.0975. The molecule has 0 aliphatic carbocycles. The first-order chi connectivity index (χ1) is 8.65. The van der Waals surface area contributed by atoms with Crippen molar-refractivity contribution in [2.75, 3.05) is 11.5 Å². The number of hydrogen-bond acceptors (Lipinski definition) is 4. The summed E-state index contributed by atoms with van der Waals surface area (Å²) in [4.78, 5) is 15.9. The van der Waals surface area contributed by atoms with Crippen LogP contribution in [0.4, 0.5) is 11.5 Å². The topological polar surface area (TPSA) is 82.0 Å². The van der Waals surface area contributed by atoms with Crippen LogP contribution in [0.3, 0.4) is 0 Å². The molecule has 0 saturated heterocycles. The Bertz CT molecular complexity index is 566. The molecular formula is C14H15N3O. The maximum atomic E-state index is 11.9. The summed E-state index contributed by atoms with van der Waals surface area (Å²) in [5.74, 6) is 0.513. The molecule has 1 aromatic carbocycles. The zero-order chi connectivity index (χ0) is 13.0. The lowest BCUT2D eigenvalue weighted by atomic mass is 10.0. The molecule has 4 heteroatoms. The number of benzene rings is 1. The van der Waals surface area contributed by atoms with Crippen LogP contribution in [0.1, 0.15) is 11.1 Å². The summed E-state index contributed by atoms with van der Waals surface area (Å²) in [6.07, 6.45) is 2.27. The van der Waals surface area contributed by atoms with Gasteiger partial charge in [-0.05, 0) is 23.8 Å². The van der Waals surface area contributed by atoms with Crippen LogP contribution < -0.4 is 11.5 Å². The van der Waals surface area contributed by atoms with Crippen molar-refractivity contribution in [3.63, 3.8) is 0 Å². The molecule has 0 radical (unpaired) electrons. The molecular weight excluding hydrogens is 226 g/mol. The Labute approximate surface area is 106 Å². The number of nitrogens with zero attached hydrogens (tertiary/aromatic N) is 1. The summed E-state index contributed by atoms with van der Waals surface area (Å²) in [5, 5.41) is 0. The molecule has 0 amide bonds. The zero-order valence-corrected chi connectivity index (χ0v) is 9.97. The lowest BCUT2D eigenvalue weighted by Crippen LogP contribution is -2.09. The Morgan fingerprint density at radius 3 is 2.67 bits per heavy atom. The molecule has 0 atom stereocenters. The first-order valence-electron chi connectivity index (χ1n) is 5.70. The van der Waals surface area contributed by atoms with Gasteiger partial charge in [-0.25, -0.2) is 4.98 Å². The van der Waals surface area contributed by atoms with Crippen LogP contribution in [0.5, 0.6) is 0 Å². The molecule has 1 heterocycles. The van der Waals surface area contributed by atoms with Gasteiger partial charge in [-0.2, -0.15) is 0 Å². The van der Waals surface area contributed by atoms with Gasteiger partial charge in [-0.15, -0.1) is 0 Å². The summed E-state index contributed by atoms with van der Waals surface area (Å²) in [6.45, 7) is 0. The molecule has 0 aliphatic rings. The second kappa shape index (κ2) is 5.31. The Kier molecular flexibility index (Phi) is 3.57. The fourth-order valence-electron chi connectivity index (χ4n) is 1.81. The summed E-state index contributed by atoms with van der Waals surface area (Å²) >= 11 is 0. The monoisotopic (exact) mass is 241 g/mol. The van der Waals surface area contributed by atoms with Gasteiger partial charge < -0.3 is 11.5 Å². The molecule has 0 unspecified atom stereocenters. The van der Waals surface area contributed by atoms with E-state index in [0.29, 0.717) is 24.3 Å². The number of hydrogen-bond donors (Lipinski definition) is 2. The molecule has 4 nitrogen and oxygen atoms in total. The normalized spacial score (nSPS) is 10.2. The maximum Gasteiger partial charge on any atom is 0.141 e. The van der Waals surface area contributed by atoms with Crippen molar-refractivity contribution in [1.29, 1.82) is 0 Å². The second-order valence-corrected chi connectivity index (χ2v) is 4.19. The molecule has 1 aromatic heterocycles. The van der Waals surface area contributed by atoms with E-state index in [9.17, 15) is 4.79 Å². The molecule has 18 heavy (non-hydrogen) atoms. The highest BCUT2D eigenvalue weighted by Gasteiger charge is 2.08. The van der Waals surface area contributed by atoms with Gasteiger partial charge in [-0.3, -0.25) is 4.79 Å². The van der Waals surface area contributed by atoms with Crippen LogP contribution in [-0.4, -0.2) is 10.8 Å². The van der Waals surface area contributed by atoms with Gasteiger partial charge >= 0.3 is 0 Å². The number of aromatic nitrogens is 1. The van der Waals surface area contributed by atoms with E-state index in [1.54, 1.807) is 18.3 Å². The molecule has 2 aromatic rings. The Morgan fingerprint density at radius 1 is 1.11 bits per heavy atom. The fourth-order valence-corrected chi connectivity index (χ4v) is 1.81. The van der Waals surface area contributed by atoms with E-state index in [0.717, 1.165) is 11.1 Å². The average Bonchev–Trinajstić information content (AvgIpc) is 2.32. The minimum atomic E-state index is 0.0975. The van der Waals surface area contributed by atoms with E-state index in [4.69, 9.17) is 11.5 Å².